The van der Waals surface area contributed by atoms with Crippen LogP contribution in [0.5, 0.6) is 11.5 Å². The lowest BCUT2D eigenvalue weighted by molar-refractivity contribution is -0.123. The molecule has 7 nitrogen and oxygen atoms in total. The predicted molar refractivity (Wildman–Crippen MR) is 116 cm³/mol. The number of nitrogens with one attached hydrogen (secondary N) is 1. The lowest BCUT2D eigenvalue weighted by Crippen LogP contribution is -2.26. The van der Waals surface area contributed by atoms with E-state index in [1.165, 1.54) is 6.39 Å². The van der Waals surface area contributed by atoms with Gasteiger partial charge < -0.3 is 19.2 Å². The highest BCUT2D eigenvalue weighted by molar-refractivity contribution is 5.96. The minimum absolute atomic E-state index is 0.309. The maximum absolute atomic E-state index is 13.2. The van der Waals surface area contributed by atoms with Crippen molar-refractivity contribution in [2.45, 2.75) is 13.0 Å². The quantitative estimate of drug-likeness (QED) is 0.466. The molecule has 4 aromatic rings. The number of carbonyl (C=O) groups is 1. The van der Waals surface area contributed by atoms with Crippen molar-refractivity contribution in [1.29, 1.82) is 0 Å². The van der Waals surface area contributed by atoms with Crippen molar-refractivity contribution in [1.82, 2.24) is 10.2 Å². The van der Waals surface area contributed by atoms with Crippen molar-refractivity contribution in [3.05, 3.63) is 90.3 Å². The van der Waals surface area contributed by atoms with Gasteiger partial charge in [-0.15, -0.1) is 10.2 Å². The van der Waals surface area contributed by atoms with E-state index in [9.17, 15) is 4.79 Å². The minimum Gasteiger partial charge on any atom is -0.495 e. The normalized spacial score (nSPS) is 11.5. The zero-order valence-corrected chi connectivity index (χ0v) is 17.1. The Bertz CT molecular complexity index is 1140. The minimum atomic E-state index is -0.860. The number of aromatic nitrogens is 2. The molecule has 4 rings (SSSR count). The van der Waals surface area contributed by atoms with Gasteiger partial charge >= 0.3 is 0 Å². The van der Waals surface area contributed by atoms with Crippen molar-refractivity contribution in [3.8, 4) is 23.0 Å². The molecule has 1 amide bonds. The second-order valence-electron chi connectivity index (χ2n) is 6.87. The summed E-state index contributed by atoms with van der Waals surface area (Å²) >= 11 is 0. The number of benzene rings is 3. The Balaban J connectivity index is 1.59. The van der Waals surface area contributed by atoms with Gasteiger partial charge in [-0.3, -0.25) is 4.79 Å². The summed E-state index contributed by atoms with van der Waals surface area (Å²) in [5, 5.41) is 10.5. The molecule has 0 aliphatic rings. The molecule has 1 atom stereocenters. The van der Waals surface area contributed by atoms with Crippen molar-refractivity contribution in [2.24, 2.45) is 0 Å². The van der Waals surface area contributed by atoms with Crippen LogP contribution in [-0.2, 0) is 4.79 Å². The van der Waals surface area contributed by atoms with Crippen molar-refractivity contribution < 1.29 is 18.7 Å². The van der Waals surface area contributed by atoms with Gasteiger partial charge in [0.25, 0.3) is 5.91 Å². The van der Waals surface area contributed by atoms with Crippen LogP contribution in [0.1, 0.15) is 17.2 Å². The summed E-state index contributed by atoms with van der Waals surface area (Å²) in [6, 6.07) is 22.0. The standard InChI is InChI=1S/C24H21N3O4/c1-16-8-13-21(29-2)20(14-16)26-23(28)22(17-6-4-3-5-7-17)31-19-11-9-18(10-12-19)24-27-25-15-30-24/h3-15,22H,1-2H3,(H,26,28). The largest absolute Gasteiger partial charge is 0.495 e. The van der Waals surface area contributed by atoms with E-state index in [0.717, 1.165) is 16.7 Å². The van der Waals surface area contributed by atoms with Gasteiger partial charge in [-0.05, 0) is 48.9 Å². The molecule has 0 bridgehead atoms. The molecule has 1 aromatic heterocycles. The zero-order valence-electron chi connectivity index (χ0n) is 17.1. The summed E-state index contributed by atoms with van der Waals surface area (Å²) in [6.07, 6.45) is 0.412. The highest BCUT2D eigenvalue weighted by atomic mass is 16.5. The van der Waals surface area contributed by atoms with Gasteiger partial charge in [-0.2, -0.15) is 0 Å². The number of hydrogen-bond donors (Lipinski definition) is 1. The number of hydrogen-bond acceptors (Lipinski definition) is 6. The molecule has 31 heavy (non-hydrogen) atoms. The van der Waals surface area contributed by atoms with Gasteiger partial charge in [0.05, 0.1) is 12.8 Å². The van der Waals surface area contributed by atoms with Crippen LogP contribution in [0.25, 0.3) is 11.5 Å². The molecule has 1 N–H and O–H groups in total. The Kier molecular flexibility index (Phi) is 5.93. The SMILES string of the molecule is COc1ccc(C)cc1NC(=O)C(Oc1ccc(-c2nnco2)cc1)c1ccccc1. The Labute approximate surface area is 179 Å². The fourth-order valence-corrected chi connectivity index (χ4v) is 3.13. The Morgan fingerprint density at radius 1 is 1.03 bits per heavy atom. The topological polar surface area (TPSA) is 86.5 Å². The van der Waals surface area contributed by atoms with Crippen LogP contribution in [-0.4, -0.2) is 23.2 Å². The monoisotopic (exact) mass is 415 g/mol. The summed E-state index contributed by atoms with van der Waals surface area (Å²) in [6.45, 7) is 1.95. The molecule has 0 spiro atoms. The van der Waals surface area contributed by atoms with E-state index in [4.69, 9.17) is 13.9 Å². The number of nitrogens with zero attached hydrogens (tertiary/aromatic N) is 2. The molecule has 0 saturated carbocycles. The zero-order chi connectivity index (χ0) is 21.6. The van der Waals surface area contributed by atoms with Crippen molar-refractivity contribution in [2.75, 3.05) is 12.4 Å². The van der Waals surface area contributed by atoms with E-state index in [-0.39, 0.29) is 5.91 Å². The van der Waals surface area contributed by atoms with Crippen LogP contribution in [0.4, 0.5) is 5.69 Å². The summed E-state index contributed by atoms with van der Waals surface area (Å²) in [5.74, 6) is 1.21. The lowest BCUT2D eigenvalue weighted by Gasteiger charge is -2.20. The van der Waals surface area contributed by atoms with Crippen molar-refractivity contribution >= 4 is 11.6 Å². The molecule has 0 aliphatic heterocycles. The molecule has 0 radical (unpaired) electrons. The average Bonchev–Trinajstić information content (AvgIpc) is 3.33. The Hall–Kier alpha value is -4.13. The smallest absolute Gasteiger partial charge is 0.270 e. The van der Waals surface area contributed by atoms with Crippen LogP contribution in [0.3, 0.4) is 0 Å². The first-order valence-electron chi connectivity index (χ1n) is 9.68. The number of carbonyl (C=O) groups excluding carboxylic acids is 1. The number of aryl methyl sites for hydroxylation is 1. The average molecular weight is 415 g/mol. The number of anilines is 1. The van der Waals surface area contributed by atoms with Crippen LogP contribution in [0, 0.1) is 6.92 Å². The Morgan fingerprint density at radius 2 is 1.81 bits per heavy atom. The van der Waals surface area contributed by atoms with Gasteiger partial charge in [-0.1, -0.05) is 36.4 Å². The molecular weight excluding hydrogens is 394 g/mol. The van der Waals surface area contributed by atoms with Crippen LogP contribution < -0.4 is 14.8 Å². The van der Waals surface area contributed by atoms with Gasteiger partial charge in [0.15, 0.2) is 0 Å². The van der Waals surface area contributed by atoms with E-state index in [0.29, 0.717) is 23.1 Å². The molecule has 0 saturated heterocycles. The first-order chi connectivity index (χ1) is 15.1. The third kappa shape index (κ3) is 4.72. The number of amides is 1. The first-order valence-corrected chi connectivity index (χ1v) is 9.68. The maximum Gasteiger partial charge on any atom is 0.270 e. The molecule has 7 heteroatoms. The fourth-order valence-electron chi connectivity index (χ4n) is 3.13. The fraction of sp³-hybridized carbons (Fsp3) is 0.125. The molecule has 156 valence electrons. The lowest BCUT2D eigenvalue weighted by atomic mass is 10.1. The number of rotatable bonds is 7. The number of ether oxygens (including phenoxy) is 2. The first kappa shape index (κ1) is 20.2. The molecular formula is C24H21N3O4. The second kappa shape index (κ2) is 9.13. The third-order valence-electron chi connectivity index (χ3n) is 4.67. The summed E-state index contributed by atoms with van der Waals surface area (Å²) in [5.41, 5.74) is 3.08. The Morgan fingerprint density at radius 3 is 2.48 bits per heavy atom. The van der Waals surface area contributed by atoms with Gasteiger partial charge in [0, 0.05) is 11.1 Å². The highest BCUT2D eigenvalue weighted by Gasteiger charge is 2.24. The van der Waals surface area contributed by atoms with Gasteiger partial charge in [-0.25, -0.2) is 0 Å². The predicted octanol–water partition coefficient (Wildman–Crippen LogP) is 4.81. The summed E-state index contributed by atoms with van der Waals surface area (Å²) in [7, 11) is 1.57. The molecule has 0 fully saturated rings. The van der Waals surface area contributed by atoms with E-state index >= 15 is 0 Å². The highest BCUT2D eigenvalue weighted by Crippen LogP contribution is 2.29. The maximum atomic E-state index is 13.2. The summed E-state index contributed by atoms with van der Waals surface area (Å²) < 4.78 is 16.7. The van der Waals surface area contributed by atoms with Crippen molar-refractivity contribution in [3.63, 3.8) is 0 Å². The molecule has 1 unspecified atom stereocenters. The number of methoxy groups -OCH3 is 1. The van der Waals surface area contributed by atoms with E-state index in [2.05, 4.69) is 15.5 Å². The van der Waals surface area contributed by atoms with Gasteiger partial charge in [0.2, 0.25) is 18.4 Å². The second-order valence-corrected chi connectivity index (χ2v) is 6.87. The van der Waals surface area contributed by atoms with E-state index in [1.807, 2.05) is 55.5 Å². The third-order valence-corrected chi connectivity index (χ3v) is 4.67. The van der Waals surface area contributed by atoms with Crippen LogP contribution >= 0.6 is 0 Å². The molecule has 0 aliphatic carbocycles. The molecule has 3 aromatic carbocycles. The van der Waals surface area contributed by atoms with E-state index < -0.39 is 6.10 Å². The summed E-state index contributed by atoms with van der Waals surface area (Å²) in [4.78, 5) is 13.2. The van der Waals surface area contributed by atoms with Crippen LogP contribution in [0.15, 0.2) is 83.6 Å². The van der Waals surface area contributed by atoms with Gasteiger partial charge in [0.1, 0.15) is 11.5 Å². The molecule has 1 heterocycles. The van der Waals surface area contributed by atoms with Crippen LogP contribution in [0.2, 0.25) is 0 Å². The van der Waals surface area contributed by atoms with E-state index in [1.54, 1.807) is 31.4 Å².